The van der Waals surface area contributed by atoms with Crippen molar-refractivity contribution in [2.24, 2.45) is 0 Å². The second-order valence-corrected chi connectivity index (χ2v) is 6.05. The minimum Gasteiger partial charge on any atom is -0.307 e. The van der Waals surface area contributed by atoms with E-state index in [1.165, 1.54) is 0 Å². The highest BCUT2D eigenvalue weighted by Gasteiger charge is 2.17. The Morgan fingerprint density at radius 3 is 2.55 bits per heavy atom. The van der Waals surface area contributed by atoms with E-state index in [0.717, 1.165) is 0 Å². The number of hydrogen-bond donors (Lipinski definition) is 1. The van der Waals surface area contributed by atoms with Gasteiger partial charge in [0.1, 0.15) is 5.82 Å². The number of carbonyl (C=O) groups excluding carboxylic acids is 1. The Kier molecular flexibility index (Phi) is 3.65. The predicted molar refractivity (Wildman–Crippen MR) is 77.8 cm³/mol. The van der Waals surface area contributed by atoms with Gasteiger partial charge in [0.25, 0.3) is 5.91 Å². The van der Waals surface area contributed by atoms with Crippen LogP contribution < -0.4 is 5.32 Å². The lowest BCUT2D eigenvalue weighted by Gasteiger charge is -2.18. The highest BCUT2D eigenvalue weighted by Crippen LogP contribution is 2.16. The van der Waals surface area contributed by atoms with Gasteiger partial charge in [-0.1, -0.05) is 0 Å². The van der Waals surface area contributed by atoms with E-state index in [4.69, 9.17) is 0 Å². The van der Waals surface area contributed by atoms with Gasteiger partial charge < -0.3 is 5.32 Å². The van der Waals surface area contributed by atoms with Crippen molar-refractivity contribution in [1.82, 2.24) is 19.6 Å². The largest absolute Gasteiger partial charge is 0.307 e. The summed E-state index contributed by atoms with van der Waals surface area (Å²) in [4.78, 5) is 12.2. The molecule has 0 saturated carbocycles. The van der Waals surface area contributed by atoms with Crippen molar-refractivity contribution in [3.05, 3.63) is 30.2 Å². The fourth-order valence-electron chi connectivity index (χ4n) is 1.82. The number of rotatable bonds is 3. The molecule has 0 atom stereocenters. The standard InChI is InChI=1S/C14H21N5O/c1-10(2)19-12(6-7-15-19)17-13(20)11-8-16-18(9-11)14(3,4)5/h6-10H,1-5H3,(H,17,20). The van der Waals surface area contributed by atoms with Crippen molar-refractivity contribution >= 4 is 11.7 Å². The molecule has 0 unspecified atom stereocenters. The van der Waals surface area contributed by atoms with Crippen LogP contribution in [-0.2, 0) is 5.54 Å². The molecule has 20 heavy (non-hydrogen) atoms. The lowest BCUT2D eigenvalue weighted by Crippen LogP contribution is -2.22. The van der Waals surface area contributed by atoms with Crippen molar-refractivity contribution in [3.63, 3.8) is 0 Å². The molecule has 0 aromatic carbocycles. The van der Waals surface area contributed by atoms with Crippen LogP contribution in [0, 0.1) is 0 Å². The van der Waals surface area contributed by atoms with Gasteiger partial charge in [0.05, 0.1) is 23.5 Å². The van der Waals surface area contributed by atoms with Gasteiger partial charge in [-0.3, -0.25) is 9.48 Å². The van der Waals surface area contributed by atoms with Gasteiger partial charge in [0.15, 0.2) is 0 Å². The normalized spacial score (nSPS) is 11.9. The molecule has 0 aliphatic rings. The van der Waals surface area contributed by atoms with Crippen LogP contribution in [0.1, 0.15) is 51.0 Å². The van der Waals surface area contributed by atoms with E-state index in [0.29, 0.717) is 11.4 Å². The fourth-order valence-corrected chi connectivity index (χ4v) is 1.82. The van der Waals surface area contributed by atoms with Gasteiger partial charge in [-0.15, -0.1) is 0 Å². The topological polar surface area (TPSA) is 64.7 Å². The molecule has 2 aromatic heterocycles. The second kappa shape index (κ2) is 5.11. The summed E-state index contributed by atoms with van der Waals surface area (Å²) in [5.41, 5.74) is 0.398. The molecule has 2 heterocycles. The third-order valence-electron chi connectivity index (χ3n) is 2.93. The van der Waals surface area contributed by atoms with Crippen LogP contribution in [0.25, 0.3) is 0 Å². The van der Waals surface area contributed by atoms with Crippen LogP contribution in [0.3, 0.4) is 0 Å². The molecular weight excluding hydrogens is 254 g/mol. The van der Waals surface area contributed by atoms with E-state index >= 15 is 0 Å². The predicted octanol–water partition coefficient (Wildman–Crippen LogP) is 2.67. The number of nitrogens with zero attached hydrogens (tertiary/aromatic N) is 4. The van der Waals surface area contributed by atoms with Crippen molar-refractivity contribution in [1.29, 1.82) is 0 Å². The Bertz CT molecular complexity index is 603. The Morgan fingerprint density at radius 2 is 2.00 bits per heavy atom. The highest BCUT2D eigenvalue weighted by molar-refractivity contribution is 6.03. The lowest BCUT2D eigenvalue weighted by atomic mass is 10.1. The molecule has 0 aliphatic carbocycles. The molecule has 1 amide bonds. The molecular formula is C14H21N5O. The third kappa shape index (κ3) is 2.89. The lowest BCUT2D eigenvalue weighted by molar-refractivity contribution is 0.102. The maximum atomic E-state index is 12.2. The molecule has 0 radical (unpaired) electrons. The van der Waals surface area contributed by atoms with Crippen molar-refractivity contribution in [2.45, 2.75) is 46.2 Å². The van der Waals surface area contributed by atoms with Crippen LogP contribution in [0.15, 0.2) is 24.7 Å². The van der Waals surface area contributed by atoms with Crippen molar-refractivity contribution < 1.29 is 4.79 Å². The van der Waals surface area contributed by atoms with E-state index < -0.39 is 0 Å². The first-order chi connectivity index (χ1) is 9.29. The molecule has 0 aliphatic heterocycles. The zero-order valence-corrected chi connectivity index (χ0v) is 12.6. The third-order valence-corrected chi connectivity index (χ3v) is 2.93. The monoisotopic (exact) mass is 275 g/mol. The zero-order chi connectivity index (χ0) is 14.9. The average Bonchev–Trinajstić information content (AvgIpc) is 2.95. The smallest absolute Gasteiger partial charge is 0.259 e. The minimum absolute atomic E-state index is 0.141. The highest BCUT2D eigenvalue weighted by atomic mass is 16.1. The Morgan fingerprint density at radius 1 is 1.30 bits per heavy atom. The molecule has 0 bridgehead atoms. The fraction of sp³-hybridized carbons (Fsp3) is 0.500. The van der Waals surface area contributed by atoms with Crippen LogP contribution in [0.5, 0.6) is 0 Å². The Hall–Kier alpha value is -2.11. The molecule has 6 heteroatoms. The maximum absolute atomic E-state index is 12.2. The summed E-state index contributed by atoms with van der Waals surface area (Å²) in [5, 5.41) is 11.3. The van der Waals surface area contributed by atoms with E-state index in [2.05, 4.69) is 15.5 Å². The van der Waals surface area contributed by atoms with Crippen LogP contribution in [0.4, 0.5) is 5.82 Å². The second-order valence-electron chi connectivity index (χ2n) is 6.05. The first-order valence-corrected chi connectivity index (χ1v) is 6.69. The summed E-state index contributed by atoms with van der Waals surface area (Å²) in [5.74, 6) is 0.511. The number of carbonyl (C=O) groups is 1. The first kappa shape index (κ1) is 14.3. The van der Waals surface area contributed by atoms with Gasteiger partial charge in [-0.25, -0.2) is 4.68 Å². The maximum Gasteiger partial charge on any atom is 0.259 e. The number of nitrogens with one attached hydrogen (secondary N) is 1. The molecule has 0 fully saturated rings. The summed E-state index contributed by atoms with van der Waals surface area (Å²) in [6.45, 7) is 10.1. The first-order valence-electron chi connectivity index (χ1n) is 6.69. The molecule has 6 nitrogen and oxygen atoms in total. The minimum atomic E-state index is -0.178. The van der Waals surface area contributed by atoms with Crippen molar-refractivity contribution in [3.8, 4) is 0 Å². The summed E-state index contributed by atoms with van der Waals surface area (Å²) >= 11 is 0. The average molecular weight is 275 g/mol. The number of aromatic nitrogens is 4. The van der Waals surface area contributed by atoms with Gasteiger partial charge in [-0.05, 0) is 34.6 Å². The van der Waals surface area contributed by atoms with Crippen LogP contribution >= 0.6 is 0 Å². The summed E-state index contributed by atoms with van der Waals surface area (Å²) in [7, 11) is 0. The van der Waals surface area contributed by atoms with Crippen molar-refractivity contribution in [2.75, 3.05) is 5.32 Å². The van der Waals surface area contributed by atoms with E-state index in [1.54, 1.807) is 34.0 Å². The zero-order valence-electron chi connectivity index (χ0n) is 12.6. The van der Waals surface area contributed by atoms with E-state index in [9.17, 15) is 4.79 Å². The summed E-state index contributed by atoms with van der Waals surface area (Å²) in [6.07, 6.45) is 5.01. The Labute approximate surface area is 118 Å². The summed E-state index contributed by atoms with van der Waals surface area (Å²) in [6, 6.07) is 1.98. The van der Waals surface area contributed by atoms with Crippen LogP contribution in [0.2, 0.25) is 0 Å². The van der Waals surface area contributed by atoms with Crippen LogP contribution in [-0.4, -0.2) is 25.5 Å². The van der Waals surface area contributed by atoms with Gasteiger partial charge in [0.2, 0.25) is 0 Å². The molecule has 2 aromatic rings. The molecule has 0 spiro atoms. The van der Waals surface area contributed by atoms with Gasteiger partial charge in [-0.2, -0.15) is 10.2 Å². The number of anilines is 1. The van der Waals surface area contributed by atoms with Gasteiger partial charge in [0, 0.05) is 18.3 Å². The number of hydrogen-bond acceptors (Lipinski definition) is 3. The molecule has 1 N–H and O–H groups in total. The Balaban J connectivity index is 2.16. The van der Waals surface area contributed by atoms with E-state index in [-0.39, 0.29) is 17.5 Å². The quantitative estimate of drug-likeness (QED) is 0.936. The number of amides is 1. The van der Waals surface area contributed by atoms with E-state index in [1.807, 2.05) is 34.6 Å². The molecule has 2 rings (SSSR count). The summed E-state index contributed by atoms with van der Waals surface area (Å²) < 4.78 is 3.55. The molecule has 108 valence electrons. The van der Waals surface area contributed by atoms with Gasteiger partial charge >= 0.3 is 0 Å². The molecule has 0 saturated heterocycles. The SMILES string of the molecule is CC(C)n1nccc1NC(=O)c1cnn(C(C)(C)C)c1.